The molecule has 194 valence electrons. The third-order valence-electron chi connectivity index (χ3n) is 4.12. The molecule has 0 aliphatic rings. The number of rotatable bonds is 11. The topological polar surface area (TPSA) is 186 Å². The minimum atomic E-state index is -4.74. The maximum atomic E-state index is 12.9. The molecule has 0 bridgehead atoms. The lowest BCUT2D eigenvalue weighted by atomic mass is 10.0. The summed E-state index contributed by atoms with van der Waals surface area (Å²) in [4.78, 5) is 59.2. The highest BCUT2D eigenvalue weighted by Crippen LogP contribution is 2.22. The fraction of sp³-hybridized carbons (Fsp3) is 0.476. The van der Waals surface area contributed by atoms with Crippen molar-refractivity contribution in [1.29, 1.82) is 0 Å². The van der Waals surface area contributed by atoms with Gasteiger partial charge in [-0.05, 0) is 19.1 Å². The zero-order valence-corrected chi connectivity index (χ0v) is 20.4. The number of esters is 4. The van der Waals surface area contributed by atoms with Crippen LogP contribution in [-0.2, 0) is 57.2 Å². The zero-order valence-electron chi connectivity index (χ0n) is 19.6. The zero-order chi connectivity index (χ0) is 26.9. The monoisotopic (exact) mass is 518 g/mol. The Bertz CT molecular complexity index is 1050. The molecule has 0 spiro atoms. The van der Waals surface area contributed by atoms with Gasteiger partial charge in [-0.2, -0.15) is 8.42 Å². The van der Waals surface area contributed by atoms with E-state index in [2.05, 4.69) is 4.18 Å². The molecular formula is C21H26O13S. The van der Waals surface area contributed by atoms with Gasteiger partial charge in [0.25, 0.3) is 0 Å². The first-order valence-corrected chi connectivity index (χ1v) is 11.4. The molecule has 0 amide bonds. The van der Waals surface area contributed by atoms with Crippen LogP contribution in [0.2, 0.25) is 0 Å². The third kappa shape index (κ3) is 9.33. The average molecular weight is 518 g/mol. The van der Waals surface area contributed by atoms with Gasteiger partial charge in [0.1, 0.15) is 4.90 Å². The van der Waals surface area contributed by atoms with E-state index in [1.807, 2.05) is 0 Å². The highest BCUT2D eigenvalue weighted by Gasteiger charge is 2.48. The van der Waals surface area contributed by atoms with Gasteiger partial charge in [0.2, 0.25) is 6.10 Å². The first-order chi connectivity index (χ1) is 16.2. The van der Waals surface area contributed by atoms with Gasteiger partial charge < -0.3 is 28.2 Å². The molecule has 0 saturated carbocycles. The van der Waals surface area contributed by atoms with Crippen LogP contribution in [0, 0.1) is 6.92 Å². The number of aliphatic hydroxyl groups is 1. The molecule has 14 heteroatoms. The second-order valence-electron chi connectivity index (χ2n) is 7.18. The van der Waals surface area contributed by atoms with E-state index >= 15 is 0 Å². The molecule has 0 aromatic heterocycles. The van der Waals surface area contributed by atoms with Crippen molar-refractivity contribution in [3.05, 3.63) is 29.8 Å². The van der Waals surface area contributed by atoms with Crippen molar-refractivity contribution in [1.82, 2.24) is 0 Å². The molecule has 1 rings (SSSR count). The van der Waals surface area contributed by atoms with Gasteiger partial charge in [-0.1, -0.05) is 17.7 Å². The summed E-state index contributed by atoms with van der Waals surface area (Å²) in [5.41, 5.74) is 0.715. The van der Waals surface area contributed by atoms with Crippen molar-refractivity contribution in [2.45, 2.75) is 63.9 Å². The minimum absolute atomic E-state index is 0.410. The van der Waals surface area contributed by atoms with Gasteiger partial charge in [0.15, 0.2) is 18.3 Å². The summed E-state index contributed by atoms with van der Waals surface area (Å²) < 4.78 is 49.5. The van der Waals surface area contributed by atoms with E-state index in [0.29, 0.717) is 5.56 Å². The highest BCUT2D eigenvalue weighted by molar-refractivity contribution is 7.87. The van der Waals surface area contributed by atoms with Crippen LogP contribution in [0.1, 0.15) is 33.3 Å². The summed E-state index contributed by atoms with van der Waals surface area (Å²) in [6.45, 7) is 4.33. The van der Waals surface area contributed by atoms with Crippen molar-refractivity contribution in [3.8, 4) is 0 Å². The maximum absolute atomic E-state index is 12.9. The van der Waals surface area contributed by atoms with Crippen LogP contribution in [0.3, 0.4) is 0 Å². The first kappa shape index (κ1) is 29.5. The molecule has 1 aromatic carbocycles. The van der Waals surface area contributed by atoms with E-state index < -0.39 is 75.9 Å². The van der Waals surface area contributed by atoms with E-state index in [-0.39, 0.29) is 0 Å². The first-order valence-electron chi connectivity index (χ1n) is 10.0. The Labute approximate surface area is 201 Å². The Hall–Kier alpha value is -3.52. The Kier molecular flexibility index (Phi) is 10.8. The molecule has 0 saturated heterocycles. The Morgan fingerprint density at radius 1 is 0.771 bits per heavy atom. The minimum Gasteiger partial charge on any atom is -0.456 e. The van der Waals surface area contributed by atoms with E-state index in [0.717, 1.165) is 39.8 Å². The molecular weight excluding hydrogens is 492 g/mol. The smallest absolute Gasteiger partial charge is 0.367 e. The van der Waals surface area contributed by atoms with Crippen LogP contribution < -0.4 is 0 Å². The number of aryl methyl sites for hydroxylation is 1. The number of ether oxygens (including phenoxy) is 4. The van der Waals surface area contributed by atoms with Crippen molar-refractivity contribution >= 4 is 40.0 Å². The normalized spacial score (nSPS) is 14.5. The van der Waals surface area contributed by atoms with Gasteiger partial charge in [-0.25, -0.2) is 4.79 Å². The van der Waals surface area contributed by atoms with Crippen molar-refractivity contribution in [2.24, 2.45) is 0 Å². The molecule has 1 aromatic rings. The molecule has 0 fully saturated rings. The second kappa shape index (κ2) is 12.8. The quantitative estimate of drug-likeness (QED) is 0.234. The highest BCUT2D eigenvalue weighted by atomic mass is 32.2. The summed E-state index contributed by atoms with van der Waals surface area (Å²) in [6, 6.07) is 5.19. The van der Waals surface area contributed by atoms with E-state index in [1.54, 1.807) is 6.92 Å². The van der Waals surface area contributed by atoms with Gasteiger partial charge in [0.05, 0.1) is 6.61 Å². The van der Waals surface area contributed by atoms with Crippen molar-refractivity contribution < 1.29 is 60.6 Å². The lowest BCUT2D eigenvalue weighted by Crippen LogP contribution is -2.55. The molecule has 0 radical (unpaired) electrons. The molecule has 4 atom stereocenters. The summed E-state index contributed by atoms with van der Waals surface area (Å²) >= 11 is 0. The lowest BCUT2D eigenvalue weighted by Gasteiger charge is -2.33. The van der Waals surface area contributed by atoms with Gasteiger partial charge in [0, 0.05) is 27.7 Å². The predicted octanol–water partition coefficient (Wildman–Crippen LogP) is -0.0540. The third-order valence-corrected chi connectivity index (χ3v) is 5.35. The molecule has 0 aliphatic heterocycles. The molecule has 1 N–H and O–H groups in total. The van der Waals surface area contributed by atoms with E-state index in [9.17, 15) is 37.5 Å². The maximum Gasteiger partial charge on any atom is 0.367 e. The van der Waals surface area contributed by atoms with Crippen molar-refractivity contribution in [3.63, 3.8) is 0 Å². The molecule has 13 nitrogen and oxygen atoms in total. The molecule has 0 heterocycles. The largest absolute Gasteiger partial charge is 0.456 e. The van der Waals surface area contributed by atoms with Gasteiger partial charge >= 0.3 is 40.0 Å². The Morgan fingerprint density at radius 2 is 1.23 bits per heavy atom. The number of hydrogen-bond donors (Lipinski definition) is 1. The average Bonchev–Trinajstić information content (AvgIpc) is 2.72. The second-order valence-corrected chi connectivity index (χ2v) is 8.72. The lowest BCUT2D eigenvalue weighted by molar-refractivity contribution is -0.204. The van der Waals surface area contributed by atoms with Crippen LogP contribution in [-0.4, -0.2) is 74.4 Å². The van der Waals surface area contributed by atoms with Crippen LogP contribution in [0.25, 0.3) is 0 Å². The number of hydrogen-bond acceptors (Lipinski definition) is 13. The SMILES string of the molecule is CC(=O)O[C@@H]([C@H](OC(C)=O)[C@@H](OC(C)=O)C(=O)OS(=O)(=O)c1ccc(C)cc1)[C@@H](CO)OC(C)=O. The predicted molar refractivity (Wildman–Crippen MR) is 114 cm³/mol. The molecule has 35 heavy (non-hydrogen) atoms. The number of aliphatic hydroxyl groups excluding tert-OH is 1. The van der Waals surface area contributed by atoms with E-state index in [4.69, 9.17) is 18.9 Å². The summed E-state index contributed by atoms with van der Waals surface area (Å²) in [6.07, 6.45) is -8.02. The van der Waals surface area contributed by atoms with Gasteiger partial charge in [-0.15, -0.1) is 0 Å². The Morgan fingerprint density at radius 3 is 1.66 bits per heavy atom. The summed E-state index contributed by atoms with van der Waals surface area (Å²) in [5.74, 6) is -5.91. The molecule has 0 aliphatic carbocycles. The van der Waals surface area contributed by atoms with Crippen LogP contribution in [0.4, 0.5) is 0 Å². The fourth-order valence-electron chi connectivity index (χ4n) is 2.80. The summed E-state index contributed by atoms with van der Waals surface area (Å²) in [5, 5.41) is 9.67. The standard InChI is InChI=1S/C21H26O13S/c1-11-6-8-16(9-7-11)35(28,29)34-21(27)20(33-15(5)26)19(32-14(4)25)18(31-13(3)24)17(10-22)30-12(2)23/h6-9,17-20,22H,10H2,1-5H3/t17-,18-,19+,20-/m1/s1. The van der Waals surface area contributed by atoms with Crippen molar-refractivity contribution in [2.75, 3.05) is 6.61 Å². The Balaban J connectivity index is 3.52. The van der Waals surface area contributed by atoms with Crippen LogP contribution in [0.15, 0.2) is 29.2 Å². The number of benzene rings is 1. The number of carbonyl (C=O) groups is 5. The van der Waals surface area contributed by atoms with E-state index in [1.165, 1.54) is 12.1 Å². The fourth-order valence-corrected chi connectivity index (χ4v) is 3.67. The van der Waals surface area contributed by atoms with Gasteiger partial charge in [-0.3, -0.25) is 19.2 Å². The van der Waals surface area contributed by atoms with Crippen LogP contribution in [0.5, 0.6) is 0 Å². The number of carbonyl (C=O) groups excluding carboxylic acids is 5. The van der Waals surface area contributed by atoms with Crippen LogP contribution >= 0.6 is 0 Å². The summed E-state index contributed by atoms with van der Waals surface area (Å²) in [7, 11) is -4.74. The molecule has 0 unspecified atom stereocenters.